The molecule has 0 aliphatic carbocycles. The van der Waals surface area contributed by atoms with Gasteiger partial charge in [-0.3, -0.25) is 0 Å². The third-order valence-corrected chi connectivity index (χ3v) is 4.03. The van der Waals surface area contributed by atoms with Gasteiger partial charge in [0.1, 0.15) is 17.3 Å². The van der Waals surface area contributed by atoms with Crippen molar-refractivity contribution in [1.29, 1.82) is 0 Å². The molecule has 0 spiro atoms. The van der Waals surface area contributed by atoms with E-state index in [0.717, 1.165) is 24.3 Å². The Morgan fingerprint density at radius 1 is 1.50 bits per heavy atom. The van der Waals surface area contributed by atoms with E-state index in [4.69, 9.17) is 11.6 Å². The maximum absolute atomic E-state index is 6.15. The molecule has 1 aliphatic rings. The van der Waals surface area contributed by atoms with Crippen molar-refractivity contribution in [3.63, 3.8) is 0 Å². The normalized spacial score (nSPS) is 21.0. The van der Waals surface area contributed by atoms with Crippen LogP contribution in [0.3, 0.4) is 0 Å². The van der Waals surface area contributed by atoms with Crippen LogP contribution in [0.2, 0.25) is 5.15 Å². The van der Waals surface area contributed by atoms with Crippen molar-refractivity contribution in [2.24, 2.45) is 0 Å². The van der Waals surface area contributed by atoms with E-state index in [1.165, 1.54) is 19.4 Å². The quantitative estimate of drug-likeness (QED) is 0.787. The largest absolute Gasteiger partial charge is 0.355 e. The first-order valence-electron chi connectivity index (χ1n) is 6.54. The summed E-state index contributed by atoms with van der Waals surface area (Å²) in [4.78, 5) is 13.1. The molecule has 100 valence electrons. The zero-order chi connectivity index (χ0) is 13.1. The first kappa shape index (κ1) is 13.6. The molecule has 5 heteroatoms. The molecule has 4 nitrogen and oxygen atoms in total. The average molecular weight is 269 g/mol. The van der Waals surface area contributed by atoms with Crippen LogP contribution in [-0.4, -0.2) is 48.1 Å². The van der Waals surface area contributed by atoms with Gasteiger partial charge in [-0.15, -0.1) is 0 Å². The molecule has 1 fully saturated rings. The molecule has 18 heavy (non-hydrogen) atoms. The summed E-state index contributed by atoms with van der Waals surface area (Å²) in [6, 6.07) is 0.514. The minimum Gasteiger partial charge on any atom is -0.355 e. The van der Waals surface area contributed by atoms with Gasteiger partial charge in [0.2, 0.25) is 0 Å². The molecule has 1 aromatic rings. The first-order valence-corrected chi connectivity index (χ1v) is 6.92. The Labute approximate surface area is 114 Å². The minimum atomic E-state index is 0.514. The van der Waals surface area contributed by atoms with Gasteiger partial charge in [-0.05, 0) is 32.9 Å². The Kier molecular flexibility index (Phi) is 4.40. The number of likely N-dealkylation sites (N-methyl/N-ethyl adjacent to an activating group) is 2. The highest BCUT2D eigenvalue weighted by molar-refractivity contribution is 6.30. The van der Waals surface area contributed by atoms with Gasteiger partial charge in [-0.2, -0.15) is 0 Å². The number of halogens is 1. The van der Waals surface area contributed by atoms with Gasteiger partial charge in [0.05, 0.1) is 0 Å². The van der Waals surface area contributed by atoms with Crippen LogP contribution in [0.5, 0.6) is 0 Å². The topological polar surface area (TPSA) is 32.3 Å². The van der Waals surface area contributed by atoms with Gasteiger partial charge in [-0.1, -0.05) is 18.5 Å². The molecular formula is C13H21ClN4. The van der Waals surface area contributed by atoms with E-state index in [9.17, 15) is 0 Å². The van der Waals surface area contributed by atoms with E-state index in [1.807, 2.05) is 0 Å². The van der Waals surface area contributed by atoms with Crippen molar-refractivity contribution >= 4 is 17.4 Å². The molecule has 1 saturated heterocycles. The number of nitrogens with zero attached hydrogens (tertiary/aromatic N) is 4. The van der Waals surface area contributed by atoms with E-state index in [0.29, 0.717) is 11.2 Å². The number of anilines is 1. The fourth-order valence-electron chi connectivity index (χ4n) is 2.62. The summed E-state index contributed by atoms with van der Waals surface area (Å²) in [7, 11) is 4.29. The highest BCUT2D eigenvalue weighted by atomic mass is 35.5. The summed E-state index contributed by atoms with van der Waals surface area (Å²) in [6.07, 6.45) is 4.87. The van der Waals surface area contributed by atoms with E-state index in [-0.39, 0.29) is 0 Å². The molecule has 0 amide bonds. The Balaban J connectivity index is 2.22. The maximum Gasteiger partial charge on any atom is 0.137 e. The fourth-order valence-corrected chi connectivity index (χ4v) is 2.88. The number of piperidine rings is 1. The minimum absolute atomic E-state index is 0.514. The summed E-state index contributed by atoms with van der Waals surface area (Å²) >= 11 is 6.15. The third-order valence-electron chi connectivity index (χ3n) is 3.71. The second-order valence-corrected chi connectivity index (χ2v) is 5.35. The lowest BCUT2D eigenvalue weighted by Gasteiger charge is -2.37. The molecule has 0 N–H and O–H groups in total. The van der Waals surface area contributed by atoms with Crippen LogP contribution < -0.4 is 4.90 Å². The summed E-state index contributed by atoms with van der Waals surface area (Å²) in [6.45, 7) is 4.37. The monoisotopic (exact) mass is 268 g/mol. The Morgan fingerprint density at radius 2 is 2.28 bits per heavy atom. The number of hydrogen-bond donors (Lipinski definition) is 0. The van der Waals surface area contributed by atoms with Crippen molar-refractivity contribution in [2.45, 2.75) is 32.2 Å². The lowest BCUT2D eigenvalue weighted by molar-refractivity contribution is 0.247. The van der Waals surface area contributed by atoms with Gasteiger partial charge >= 0.3 is 0 Å². The molecule has 2 rings (SSSR count). The molecule has 0 aromatic carbocycles. The van der Waals surface area contributed by atoms with Crippen LogP contribution in [0.1, 0.15) is 25.3 Å². The SMILES string of the molecule is CCc1c(Cl)ncnc1N(C)C1CCCN(C)C1. The second kappa shape index (κ2) is 5.85. The maximum atomic E-state index is 6.15. The predicted octanol–water partition coefficient (Wildman–Crippen LogP) is 2.22. The van der Waals surface area contributed by atoms with Gasteiger partial charge in [0.15, 0.2) is 0 Å². The van der Waals surface area contributed by atoms with Crippen LogP contribution in [0.15, 0.2) is 6.33 Å². The van der Waals surface area contributed by atoms with Crippen molar-refractivity contribution in [3.05, 3.63) is 17.0 Å². The van der Waals surface area contributed by atoms with Crippen LogP contribution in [0.4, 0.5) is 5.82 Å². The van der Waals surface area contributed by atoms with Crippen molar-refractivity contribution in [1.82, 2.24) is 14.9 Å². The third kappa shape index (κ3) is 2.75. The summed E-state index contributed by atoms with van der Waals surface area (Å²) in [5.41, 5.74) is 1.05. The highest BCUT2D eigenvalue weighted by Gasteiger charge is 2.24. The second-order valence-electron chi connectivity index (χ2n) is 4.99. The van der Waals surface area contributed by atoms with Gasteiger partial charge in [0, 0.05) is 25.2 Å². The Morgan fingerprint density at radius 3 is 2.94 bits per heavy atom. The molecule has 0 radical (unpaired) electrons. The zero-order valence-electron chi connectivity index (χ0n) is 11.4. The zero-order valence-corrected chi connectivity index (χ0v) is 12.1. The van der Waals surface area contributed by atoms with Crippen LogP contribution in [-0.2, 0) is 6.42 Å². The van der Waals surface area contributed by atoms with Crippen molar-refractivity contribution in [3.8, 4) is 0 Å². The average Bonchev–Trinajstić information content (AvgIpc) is 2.37. The molecule has 1 aromatic heterocycles. The summed E-state index contributed by atoms with van der Waals surface area (Å²) < 4.78 is 0. The number of likely N-dealkylation sites (tertiary alicyclic amines) is 1. The molecule has 2 heterocycles. The lowest BCUT2D eigenvalue weighted by atomic mass is 10.0. The predicted molar refractivity (Wildman–Crippen MR) is 75.3 cm³/mol. The molecule has 0 saturated carbocycles. The van der Waals surface area contributed by atoms with Crippen LogP contribution in [0.25, 0.3) is 0 Å². The van der Waals surface area contributed by atoms with E-state index < -0.39 is 0 Å². The molecular weight excluding hydrogens is 248 g/mol. The molecule has 1 atom stereocenters. The first-order chi connectivity index (χ1) is 8.63. The number of rotatable bonds is 3. The van der Waals surface area contributed by atoms with Crippen LogP contribution in [0, 0.1) is 0 Å². The lowest BCUT2D eigenvalue weighted by Crippen LogP contribution is -2.45. The standard InChI is InChI=1S/C13H21ClN4/c1-4-11-12(14)15-9-16-13(11)18(3)10-6-5-7-17(2)8-10/h9-10H,4-8H2,1-3H3. The summed E-state index contributed by atoms with van der Waals surface area (Å²) in [5, 5.41) is 0.582. The number of aromatic nitrogens is 2. The van der Waals surface area contributed by atoms with Crippen molar-refractivity contribution < 1.29 is 0 Å². The molecule has 1 unspecified atom stereocenters. The summed E-state index contributed by atoms with van der Waals surface area (Å²) in [5.74, 6) is 0.984. The van der Waals surface area contributed by atoms with E-state index in [1.54, 1.807) is 6.33 Å². The Bertz CT molecular complexity index is 410. The Hall–Kier alpha value is -0.870. The fraction of sp³-hybridized carbons (Fsp3) is 0.692. The molecule has 0 bridgehead atoms. The van der Waals surface area contributed by atoms with Gasteiger partial charge < -0.3 is 9.80 Å². The highest BCUT2D eigenvalue weighted by Crippen LogP contribution is 2.26. The smallest absolute Gasteiger partial charge is 0.137 e. The van der Waals surface area contributed by atoms with E-state index >= 15 is 0 Å². The van der Waals surface area contributed by atoms with Crippen molar-refractivity contribution in [2.75, 3.05) is 32.1 Å². The van der Waals surface area contributed by atoms with E-state index in [2.05, 4.69) is 40.8 Å². The van der Waals surface area contributed by atoms with Gasteiger partial charge in [-0.25, -0.2) is 9.97 Å². The molecule has 1 aliphatic heterocycles. The number of hydrogen-bond acceptors (Lipinski definition) is 4. The van der Waals surface area contributed by atoms with Crippen LogP contribution >= 0.6 is 11.6 Å². The van der Waals surface area contributed by atoms with Gasteiger partial charge in [0.25, 0.3) is 0 Å².